The summed E-state index contributed by atoms with van der Waals surface area (Å²) in [5, 5.41) is 9.83. The predicted octanol–water partition coefficient (Wildman–Crippen LogP) is 3.28. The zero-order valence-electron chi connectivity index (χ0n) is 20.5. The number of pyridine rings is 2. The molecule has 1 N–H and O–H groups in total. The molecule has 0 fully saturated rings. The molecule has 1 aliphatic rings. The van der Waals surface area contributed by atoms with Crippen molar-refractivity contribution in [3.05, 3.63) is 78.0 Å². The van der Waals surface area contributed by atoms with Gasteiger partial charge < -0.3 is 19.6 Å². The van der Waals surface area contributed by atoms with E-state index in [1.807, 2.05) is 6.92 Å². The Morgan fingerprint density at radius 1 is 1.22 bits per heavy atom. The molecule has 1 aliphatic heterocycles. The lowest BCUT2D eigenvalue weighted by molar-refractivity contribution is 0.0312. The molecule has 3 aromatic rings. The van der Waals surface area contributed by atoms with Crippen LogP contribution in [-0.2, 0) is 0 Å². The van der Waals surface area contributed by atoms with Crippen LogP contribution in [-0.4, -0.2) is 75.6 Å². The van der Waals surface area contributed by atoms with Crippen molar-refractivity contribution in [2.75, 3.05) is 26.7 Å². The molecule has 8 nitrogen and oxygen atoms in total. The average molecular weight is 493 g/mol. The van der Waals surface area contributed by atoms with Crippen molar-refractivity contribution < 1.29 is 23.8 Å². The number of likely N-dealkylation sites (N-methyl/N-ethyl adjacent to an activating group) is 1. The maximum absolute atomic E-state index is 13.8. The van der Waals surface area contributed by atoms with E-state index in [9.17, 15) is 19.1 Å². The highest BCUT2D eigenvalue weighted by Crippen LogP contribution is 2.30. The second kappa shape index (κ2) is 10.8. The summed E-state index contributed by atoms with van der Waals surface area (Å²) in [6.45, 7) is 4.02. The van der Waals surface area contributed by atoms with Gasteiger partial charge in [0.2, 0.25) is 5.88 Å². The van der Waals surface area contributed by atoms with E-state index in [4.69, 9.17) is 4.74 Å². The van der Waals surface area contributed by atoms with Crippen LogP contribution in [0, 0.1) is 11.7 Å². The normalized spacial score (nSPS) is 18.5. The molecule has 2 amide bonds. The first-order chi connectivity index (χ1) is 17.3. The third-order valence-corrected chi connectivity index (χ3v) is 6.36. The van der Waals surface area contributed by atoms with E-state index in [-0.39, 0.29) is 42.3 Å². The number of rotatable bonds is 6. The molecule has 3 heterocycles. The van der Waals surface area contributed by atoms with Gasteiger partial charge >= 0.3 is 0 Å². The Labute approximate surface area is 209 Å². The van der Waals surface area contributed by atoms with E-state index in [2.05, 4.69) is 9.97 Å². The van der Waals surface area contributed by atoms with Gasteiger partial charge in [0.15, 0.2) is 0 Å². The fourth-order valence-corrected chi connectivity index (χ4v) is 4.18. The van der Waals surface area contributed by atoms with Crippen LogP contribution in [0.4, 0.5) is 4.39 Å². The van der Waals surface area contributed by atoms with Gasteiger partial charge in [-0.05, 0) is 42.8 Å². The van der Waals surface area contributed by atoms with Crippen molar-refractivity contribution in [2.45, 2.75) is 26.0 Å². The molecule has 2 aromatic heterocycles. The van der Waals surface area contributed by atoms with E-state index in [0.29, 0.717) is 23.4 Å². The zero-order valence-corrected chi connectivity index (χ0v) is 20.5. The first-order valence-corrected chi connectivity index (χ1v) is 11.8. The number of aliphatic hydroxyl groups excluding tert-OH is 1. The maximum atomic E-state index is 13.8. The lowest BCUT2D eigenvalue weighted by Gasteiger charge is -2.37. The monoisotopic (exact) mass is 492 g/mol. The molecule has 0 aliphatic carbocycles. The number of hydrogen-bond donors (Lipinski definition) is 1. The van der Waals surface area contributed by atoms with Gasteiger partial charge in [0, 0.05) is 37.5 Å². The summed E-state index contributed by atoms with van der Waals surface area (Å²) in [7, 11) is 1.67. The second-order valence-corrected chi connectivity index (χ2v) is 9.11. The summed E-state index contributed by atoms with van der Waals surface area (Å²) < 4.78 is 20.1. The van der Waals surface area contributed by atoms with Crippen LogP contribution in [0.25, 0.3) is 11.1 Å². The number of ether oxygens (including phenoxy) is 1. The molecule has 0 saturated carbocycles. The average Bonchev–Trinajstić information content (AvgIpc) is 2.90. The molecule has 0 spiro atoms. The Kier molecular flexibility index (Phi) is 7.59. The summed E-state index contributed by atoms with van der Waals surface area (Å²) in [6, 6.07) is 12.4. The summed E-state index contributed by atoms with van der Waals surface area (Å²) in [6.07, 6.45) is 2.61. The van der Waals surface area contributed by atoms with Crippen molar-refractivity contribution in [1.82, 2.24) is 19.8 Å². The summed E-state index contributed by atoms with van der Waals surface area (Å²) in [5.74, 6) is -1.03. The fourth-order valence-electron chi connectivity index (χ4n) is 4.18. The van der Waals surface area contributed by atoms with E-state index in [1.54, 1.807) is 61.5 Å². The van der Waals surface area contributed by atoms with Gasteiger partial charge in [0.1, 0.15) is 23.2 Å². The summed E-state index contributed by atoms with van der Waals surface area (Å²) in [5.41, 5.74) is 1.68. The summed E-state index contributed by atoms with van der Waals surface area (Å²) in [4.78, 5) is 38.1. The van der Waals surface area contributed by atoms with Crippen molar-refractivity contribution in [1.29, 1.82) is 0 Å². The van der Waals surface area contributed by atoms with Gasteiger partial charge in [0.05, 0.1) is 19.2 Å². The van der Waals surface area contributed by atoms with E-state index in [0.717, 1.165) is 0 Å². The number of fused-ring (bicyclic) bond motifs is 1. The van der Waals surface area contributed by atoms with Crippen LogP contribution in [0.1, 0.15) is 34.7 Å². The van der Waals surface area contributed by atoms with E-state index >= 15 is 0 Å². The number of carbonyl (C=O) groups is 2. The van der Waals surface area contributed by atoms with Crippen molar-refractivity contribution in [3.8, 4) is 17.0 Å². The number of benzene rings is 1. The SMILES string of the molecule is C[C@@H]1CN([C@@H](C)CO)C(=O)c2cc(-c3cccc(F)c3)cnc2O[C@@H]1CN(C)C(=O)c1ccccn1. The zero-order chi connectivity index (χ0) is 25.8. The molecular weight excluding hydrogens is 463 g/mol. The van der Waals surface area contributed by atoms with Crippen LogP contribution >= 0.6 is 0 Å². The summed E-state index contributed by atoms with van der Waals surface area (Å²) >= 11 is 0. The van der Waals surface area contributed by atoms with Gasteiger partial charge in [0.25, 0.3) is 11.8 Å². The molecule has 0 bridgehead atoms. The third-order valence-electron chi connectivity index (χ3n) is 6.36. The molecule has 0 radical (unpaired) electrons. The Hall–Kier alpha value is -3.85. The molecule has 4 rings (SSSR count). The fraction of sp³-hybridized carbons (Fsp3) is 0.333. The van der Waals surface area contributed by atoms with Crippen LogP contribution < -0.4 is 4.74 Å². The van der Waals surface area contributed by atoms with Gasteiger partial charge in [-0.2, -0.15) is 0 Å². The number of hydrogen-bond acceptors (Lipinski definition) is 6. The molecule has 1 aromatic carbocycles. The van der Waals surface area contributed by atoms with E-state index in [1.165, 1.54) is 23.2 Å². The molecule has 0 saturated heterocycles. The van der Waals surface area contributed by atoms with Gasteiger partial charge in [-0.15, -0.1) is 0 Å². The van der Waals surface area contributed by atoms with Crippen LogP contribution in [0.3, 0.4) is 0 Å². The highest BCUT2D eigenvalue weighted by Gasteiger charge is 2.35. The molecule has 188 valence electrons. The maximum Gasteiger partial charge on any atom is 0.272 e. The molecular formula is C27H29FN4O4. The van der Waals surface area contributed by atoms with Crippen LogP contribution in [0.5, 0.6) is 5.88 Å². The first-order valence-electron chi connectivity index (χ1n) is 11.8. The smallest absolute Gasteiger partial charge is 0.272 e. The van der Waals surface area contributed by atoms with Crippen molar-refractivity contribution in [3.63, 3.8) is 0 Å². The molecule has 9 heteroatoms. The molecule has 3 atom stereocenters. The van der Waals surface area contributed by atoms with Gasteiger partial charge in [-0.1, -0.05) is 25.1 Å². The predicted molar refractivity (Wildman–Crippen MR) is 132 cm³/mol. The highest BCUT2D eigenvalue weighted by molar-refractivity contribution is 5.98. The highest BCUT2D eigenvalue weighted by atomic mass is 19.1. The topological polar surface area (TPSA) is 95.9 Å². The lowest BCUT2D eigenvalue weighted by Crippen LogP contribution is -2.50. The number of nitrogens with zero attached hydrogens (tertiary/aromatic N) is 4. The minimum Gasteiger partial charge on any atom is -0.472 e. The molecule has 0 unspecified atom stereocenters. The Morgan fingerprint density at radius 2 is 2.03 bits per heavy atom. The quantitative estimate of drug-likeness (QED) is 0.568. The van der Waals surface area contributed by atoms with Crippen molar-refractivity contribution in [2.24, 2.45) is 5.92 Å². The Bertz CT molecular complexity index is 1240. The minimum atomic E-state index is -0.490. The Balaban J connectivity index is 1.69. The molecule has 36 heavy (non-hydrogen) atoms. The second-order valence-electron chi connectivity index (χ2n) is 9.11. The van der Waals surface area contributed by atoms with Gasteiger partial charge in [-0.25, -0.2) is 9.37 Å². The van der Waals surface area contributed by atoms with Gasteiger partial charge in [-0.3, -0.25) is 14.6 Å². The first kappa shape index (κ1) is 25.2. The third kappa shape index (κ3) is 5.36. The minimum absolute atomic E-state index is 0.130. The lowest BCUT2D eigenvalue weighted by atomic mass is 9.99. The largest absolute Gasteiger partial charge is 0.472 e. The number of amides is 2. The number of aromatic nitrogens is 2. The van der Waals surface area contributed by atoms with Crippen molar-refractivity contribution >= 4 is 11.8 Å². The van der Waals surface area contributed by atoms with E-state index < -0.39 is 18.0 Å². The van der Waals surface area contributed by atoms with Crippen LogP contribution in [0.2, 0.25) is 0 Å². The van der Waals surface area contributed by atoms with Crippen LogP contribution in [0.15, 0.2) is 60.9 Å². The number of carbonyl (C=O) groups excluding carboxylic acids is 2. The number of halogens is 1. The Morgan fingerprint density at radius 3 is 2.72 bits per heavy atom. The standard InChI is InChI=1S/C27H29FN4O4/c1-17-14-32(18(2)16-33)26(34)22-12-20(19-7-6-8-21(28)11-19)13-30-25(22)36-24(17)15-31(3)27(35)23-9-4-5-10-29-23/h4-13,17-18,24,33H,14-16H2,1-3H3/t17-,18+,24-/m1/s1. The number of aliphatic hydroxyl groups is 1.